The Labute approximate surface area is 216 Å². The van der Waals surface area contributed by atoms with Crippen LogP contribution in [0.1, 0.15) is 44.9 Å². The molecule has 0 spiro atoms. The van der Waals surface area contributed by atoms with Crippen molar-refractivity contribution in [2.24, 2.45) is 5.92 Å². The summed E-state index contributed by atoms with van der Waals surface area (Å²) in [6, 6.07) is 3.60. The van der Waals surface area contributed by atoms with E-state index in [0.29, 0.717) is 63.2 Å². The maximum Gasteiger partial charge on any atom is 0.334 e. The Morgan fingerprint density at radius 3 is 2.30 bits per heavy atom. The average molecular weight is 515 g/mol. The zero-order valence-electron chi connectivity index (χ0n) is 22.5. The van der Waals surface area contributed by atoms with Crippen LogP contribution in [0.3, 0.4) is 0 Å². The minimum absolute atomic E-state index is 0.0562. The smallest absolute Gasteiger partial charge is 0.334 e. The van der Waals surface area contributed by atoms with Gasteiger partial charge in [-0.15, -0.1) is 0 Å². The van der Waals surface area contributed by atoms with Crippen LogP contribution >= 0.6 is 0 Å². The molecule has 1 aliphatic heterocycles. The molecule has 0 amide bonds. The Hall–Kier alpha value is -3.59. The van der Waals surface area contributed by atoms with Gasteiger partial charge in [-0.25, -0.2) is 4.79 Å². The summed E-state index contributed by atoms with van der Waals surface area (Å²) >= 11 is 0. The third kappa shape index (κ3) is 4.21. The van der Waals surface area contributed by atoms with E-state index in [2.05, 4.69) is 0 Å². The van der Waals surface area contributed by atoms with Crippen molar-refractivity contribution in [1.82, 2.24) is 0 Å². The number of carbonyl (C=O) groups is 1. The number of esters is 1. The summed E-state index contributed by atoms with van der Waals surface area (Å²) in [6.45, 7) is 7.05. The quantitative estimate of drug-likeness (QED) is 0.437. The molecule has 3 atom stereocenters. The lowest BCUT2D eigenvalue weighted by molar-refractivity contribution is -0.166. The summed E-state index contributed by atoms with van der Waals surface area (Å²) in [4.78, 5) is 13.0. The number of ether oxygens (including phenoxy) is 7. The molecule has 0 radical (unpaired) electrons. The number of hydrogen-bond acceptors (Lipinski definition) is 9. The number of hydrogen-bond donors (Lipinski definition) is 1. The molecule has 0 unspecified atom stereocenters. The van der Waals surface area contributed by atoms with Crippen molar-refractivity contribution in [3.8, 4) is 45.6 Å². The lowest BCUT2D eigenvalue weighted by Gasteiger charge is -2.41. The second-order valence-electron chi connectivity index (χ2n) is 9.38. The molecular weight excluding hydrogens is 480 g/mol. The van der Waals surface area contributed by atoms with Gasteiger partial charge in [0.05, 0.1) is 28.4 Å². The Balaban J connectivity index is 2.17. The summed E-state index contributed by atoms with van der Waals surface area (Å²) in [5, 5.41) is 12.0. The molecule has 0 aromatic heterocycles. The molecule has 37 heavy (non-hydrogen) atoms. The molecule has 200 valence electrons. The van der Waals surface area contributed by atoms with Crippen molar-refractivity contribution in [3.05, 3.63) is 34.9 Å². The van der Waals surface area contributed by atoms with Crippen molar-refractivity contribution in [2.45, 2.75) is 45.8 Å². The first-order valence-corrected chi connectivity index (χ1v) is 12.0. The van der Waals surface area contributed by atoms with Gasteiger partial charge in [-0.05, 0) is 50.8 Å². The molecule has 2 aromatic carbocycles. The maximum absolute atomic E-state index is 13.0. The number of rotatable bonds is 6. The molecule has 0 bridgehead atoms. The van der Waals surface area contributed by atoms with Gasteiger partial charge in [0.1, 0.15) is 5.60 Å². The van der Waals surface area contributed by atoms with Crippen molar-refractivity contribution in [3.63, 3.8) is 0 Å². The summed E-state index contributed by atoms with van der Waals surface area (Å²) in [5.74, 6) is 1.60. The van der Waals surface area contributed by atoms with Gasteiger partial charge >= 0.3 is 5.97 Å². The maximum atomic E-state index is 13.0. The first-order valence-electron chi connectivity index (χ1n) is 12.0. The molecule has 0 saturated heterocycles. The van der Waals surface area contributed by atoms with E-state index in [1.54, 1.807) is 40.0 Å². The third-order valence-electron chi connectivity index (χ3n) is 7.33. The topological polar surface area (TPSA) is 102 Å². The molecule has 4 rings (SSSR count). The second-order valence-corrected chi connectivity index (χ2v) is 9.38. The molecule has 9 heteroatoms. The van der Waals surface area contributed by atoms with Crippen LogP contribution in [0.4, 0.5) is 0 Å². The Bertz CT molecular complexity index is 1250. The number of carbonyl (C=O) groups excluding carboxylic acids is 1. The van der Waals surface area contributed by atoms with Crippen molar-refractivity contribution in [1.29, 1.82) is 0 Å². The van der Waals surface area contributed by atoms with E-state index in [1.807, 2.05) is 13.0 Å². The van der Waals surface area contributed by atoms with Gasteiger partial charge in [0.25, 0.3) is 0 Å². The molecule has 1 N–H and O–H groups in total. The number of fused-ring (bicyclic) bond motifs is 4. The largest absolute Gasteiger partial charge is 0.493 e. The minimum Gasteiger partial charge on any atom is -0.493 e. The van der Waals surface area contributed by atoms with Crippen LogP contribution in [0.2, 0.25) is 0 Å². The highest BCUT2D eigenvalue weighted by Crippen LogP contribution is 2.59. The second kappa shape index (κ2) is 10.0. The normalized spacial score (nSPS) is 22.2. The van der Waals surface area contributed by atoms with Crippen LogP contribution in [-0.2, 0) is 16.0 Å². The summed E-state index contributed by atoms with van der Waals surface area (Å²) in [7, 11) is 6.08. The highest BCUT2D eigenvalue weighted by atomic mass is 16.7. The van der Waals surface area contributed by atoms with E-state index in [0.717, 1.165) is 5.56 Å². The molecule has 2 aliphatic rings. The number of benzene rings is 2. The molecule has 0 saturated carbocycles. The van der Waals surface area contributed by atoms with Crippen LogP contribution < -0.4 is 28.4 Å². The van der Waals surface area contributed by atoms with Crippen LogP contribution in [-0.4, -0.2) is 51.9 Å². The predicted molar refractivity (Wildman–Crippen MR) is 136 cm³/mol. The van der Waals surface area contributed by atoms with Crippen molar-refractivity contribution in [2.75, 3.05) is 35.2 Å². The van der Waals surface area contributed by atoms with E-state index >= 15 is 0 Å². The number of methoxy groups -OCH3 is 4. The molecule has 1 aliphatic carbocycles. The van der Waals surface area contributed by atoms with E-state index in [9.17, 15) is 9.90 Å². The van der Waals surface area contributed by atoms with Gasteiger partial charge in [0, 0.05) is 22.3 Å². The van der Waals surface area contributed by atoms with E-state index in [4.69, 9.17) is 33.2 Å². The first-order chi connectivity index (χ1) is 17.6. The minimum atomic E-state index is -1.48. The summed E-state index contributed by atoms with van der Waals surface area (Å²) in [6.07, 6.45) is 0.998. The molecule has 2 aromatic rings. The Kier molecular flexibility index (Phi) is 7.19. The highest BCUT2D eigenvalue weighted by molar-refractivity contribution is 5.90. The first kappa shape index (κ1) is 26.5. The van der Waals surface area contributed by atoms with Gasteiger partial charge in [-0.3, -0.25) is 0 Å². The average Bonchev–Trinajstić information content (AvgIpc) is 3.36. The lowest BCUT2D eigenvalue weighted by atomic mass is 9.73. The fraction of sp³-hybridized carbons (Fsp3) is 0.464. The third-order valence-corrected chi connectivity index (χ3v) is 7.33. The zero-order chi connectivity index (χ0) is 27.1. The molecule has 1 heterocycles. The Morgan fingerprint density at radius 1 is 1.03 bits per heavy atom. The number of aliphatic hydroxyl groups is 1. The summed E-state index contributed by atoms with van der Waals surface area (Å²) in [5.41, 5.74) is 1.46. The van der Waals surface area contributed by atoms with Gasteiger partial charge in [-0.1, -0.05) is 13.0 Å². The van der Waals surface area contributed by atoms with Crippen LogP contribution in [0.25, 0.3) is 11.1 Å². The number of allylic oxidation sites excluding steroid dienone is 1. The monoisotopic (exact) mass is 514 g/mol. The van der Waals surface area contributed by atoms with E-state index in [-0.39, 0.29) is 12.7 Å². The van der Waals surface area contributed by atoms with Gasteiger partial charge in [0.15, 0.2) is 29.1 Å². The predicted octanol–water partition coefficient (Wildman–Crippen LogP) is 4.61. The van der Waals surface area contributed by atoms with E-state index in [1.165, 1.54) is 21.3 Å². The highest BCUT2D eigenvalue weighted by Gasteiger charge is 2.47. The molecule has 9 nitrogen and oxygen atoms in total. The van der Waals surface area contributed by atoms with Gasteiger partial charge in [0.2, 0.25) is 18.3 Å². The van der Waals surface area contributed by atoms with Gasteiger partial charge < -0.3 is 38.3 Å². The fourth-order valence-corrected chi connectivity index (χ4v) is 4.94. The van der Waals surface area contributed by atoms with Crippen LogP contribution in [0.15, 0.2) is 23.8 Å². The SMILES string of the molecule is CC=C(C)C(=O)O[C@@H]1c2cc(OC)c(OC)c(OC)c2-c2c(cc3c(c2OC)OCO3)C[C@H](C)[C@]1(C)O. The van der Waals surface area contributed by atoms with Crippen molar-refractivity contribution >= 4 is 5.97 Å². The van der Waals surface area contributed by atoms with Gasteiger partial charge in [-0.2, -0.15) is 0 Å². The zero-order valence-corrected chi connectivity index (χ0v) is 22.5. The lowest BCUT2D eigenvalue weighted by Crippen LogP contribution is -2.44. The van der Waals surface area contributed by atoms with Crippen LogP contribution in [0.5, 0.6) is 34.5 Å². The van der Waals surface area contributed by atoms with Crippen molar-refractivity contribution < 1.29 is 43.1 Å². The summed E-state index contributed by atoms with van der Waals surface area (Å²) < 4.78 is 40.6. The molecular formula is C28H34O9. The Morgan fingerprint density at radius 2 is 1.70 bits per heavy atom. The van der Waals surface area contributed by atoms with E-state index < -0.39 is 17.7 Å². The molecule has 0 fully saturated rings. The van der Waals surface area contributed by atoms with Crippen LogP contribution in [0, 0.1) is 5.92 Å². The standard InChI is InChI=1S/C28H34O9/c1-9-14(2)27(29)37-26-17-12-18(31-5)22(32-6)25(34-8)21(17)20-16(10-15(3)28(26,4)30)11-19-23(24(20)33-7)36-13-35-19/h9,11-12,15,26,30H,10,13H2,1-8H3/t15-,26+,28-/m0/s1. The fourth-order valence-electron chi connectivity index (χ4n) is 4.94.